The number of aromatic hydroxyl groups is 1. The highest BCUT2D eigenvalue weighted by Gasteiger charge is 2.05. The summed E-state index contributed by atoms with van der Waals surface area (Å²) in [7, 11) is 0. The largest absolute Gasteiger partial charge is 0.505 e. The molecule has 0 aliphatic carbocycles. The van der Waals surface area contributed by atoms with Crippen LogP contribution in [0.5, 0.6) is 5.75 Å². The molecule has 19 heavy (non-hydrogen) atoms. The van der Waals surface area contributed by atoms with Gasteiger partial charge >= 0.3 is 0 Å². The lowest BCUT2D eigenvalue weighted by atomic mass is 10.2. The number of rotatable bonds is 7. The molecule has 1 unspecified atom stereocenters. The lowest BCUT2D eigenvalue weighted by Gasteiger charge is -2.11. The number of halogens is 1. The molecule has 0 fully saturated rings. The van der Waals surface area contributed by atoms with E-state index >= 15 is 0 Å². The van der Waals surface area contributed by atoms with Gasteiger partial charge < -0.3 is 15.7 Å². The van der Waals surface area contributed by atoms with Crippen LogP contribution in [0, 0.1) is 5.82 Å². The molecule has 106 valence electrons. The second-order valence-electron chi connectivity index (χ2n) is 4.59. The second-order valence-corrected chi connectivity index (χ2v) is 4.59. The number of benzene rings is 1. The Balaban J connectivity index is 2.23. The van der Waals surface area contributed by atoms with Crippen molar-refractivity contribution >= 4 is 5.91 Å². The average Bonchev–Trinajstić information content (AvgIpc) is 2.38. The summed E-state index contributed by atoms with van der Waals surface area (Å²) in [6.45, 7) is 4.98. The minimum absolute atomic E-state index is 0.0127. The maximum absolute atomic E-state index is 13.1. The first-order valence-electron chi connectivity index (χ1n) is 6.50. The van der Waals surface area contributed by atoms with Crippen molar-refractivity contribution in [2.45, 2.75) is 39.3 Å². The van der Waals surface area contributed by atoms with Gasteiger partial charge in [0.15, 0.2) is 11.6 Å². The van der Waals surface area contributed by atoms with Crippen LogP contribution in [-0.2, 0) is 11.3 Å². The molecule has 0 spiro atoms. The van der Waals surface area contributed by atoms with Crippen molar-refractivity contribution in [1.29, 1.82) is 0 Å². The quantitative estimate of drug-likeness (QED) is 0.662. The maximum atomic E-state index is 13.1. The van der Waals surface area contributed by atoms with Crippen LogP contribution in [0.15, 0.2) is 18.2 Å². The Hall–Kier alpha value is -1.62. The number of carbonyl (C=O) groups is 1. The maximum Gasteiger partial charge on any atom is 0.221 e. The number of phenols is 1. The van der Waals surface area contributed by atoms with E-state index in [4.69, 9.17) is 5.11 Å². The fraction of sp³-hybridized carbons (Fsp3) is 0.500. The van der Waals surface area contributed by atoms with Crippen molar-refractivity contribution in [2.75, 3.05) is 6.54 Å². The van der Waals surface area contributed by atoms with Gasteiger partial charge in [0.1, 0.15) is 0 Å². The van der Waals surface area contributed by atoms with E-state index in [0.717, 1.165) is 12.0 Å². The number of nitrogens with one attached hydrogen (secondary N) is 2. The third-order valence-corrected chi connectivity index (χ3v) is 2.89. The monoisotopic (exact) mass is 268 g/mol. The van der Waals surface area contributed by atoms with E-state index in [0.29, 0.717) is 19.5 Å². The topological polar surface area (TPSA) is 61.4 Å². The molecule has 5 heteroatoms. The Labute approximate surface area is 113 Å². The van der Waals surface area contributed by atoms with Crippen LogP contribution < -0.4 is 10.6 Å². The van der Waals surface area contributed by atoms with Gasteiger partial charge in [0, 0.05) is 25.6 Å². The SMILES string of the molecule is CCC(C)NC(=O)CCNCc1ccc(O)c(F)c1. The first-order chi connectivity index (χ1) is 9.02. The molecular weight excluding hydrogens is 247 g/mol. The molecule has 1 aromatic carbocycles. The molecule has 0 aliphatic rings. The Morgan fingerprint density at radius 3 is 2.84 bits per heavy atom. The highest BCUT2D eigenvalue weighted by molar-refractivity contribution is 5.76. The second kappa shape index (κ2) is 7.74. The van der Waals surface area contributed by atoms with E-state index in [1.54, 1.807) is 6.07 Å². The summed E-state index contributed by atoms with van der Waals surface area (Å²) in [5.74, 6) is -0.968. The molecular formula is C14H21FN2O2. The standard InChI is InChI=1S/C14H21FN2O2/c1-3-10(2)17-14(19)6-7-16-9-11-4-5-13(18)12(15)8-11/h4-5,8,10,16,18H,3,6-7,9H2,1-2H3,(H,17,19). The van der Waals surface area contributed by atoms with E-state index in [9.17, 15) is 9.18 Å². The molecule has 3 N–H and O–H groups in total. The predicted octanol–water partition coefficient (Wildman–Crippen LogP) is 1.93. The molecule has 0 radical (unpaired) electrons. The van der Waals surface area contributed by atoms with Crippen LogP contribution in [0.2, 0.25) is 0 Å². The van der Waals surface area contributed by atoms with E-state index in [2.05, 4.69) is 10.6 Å². The molecule has 1 aromatic rings. The fourth-order valence-electron chi connectivity index (χ4n) is 1.54. The van der Waals surface area contributed by atoms with Crippen molar-refractivity contribution in [3.8, 4) is 5.75 Å². The van der Waals surface area contributed by atoms with Crippen LogP contribution in [0.3, 0.4) is 0 Å². The van der Waals surface area contributed by atoms with E-state index in [1.165, 1.54) is 12.1 Å². The minimum atomic E-state index is -0.631. The van der Waals surface area contributed by atoms with Gasteiger partial charge in [-0.1, -0.05) is 13.0 Å². The summed E-state index contributed by atoms with van der Waals surface area (Å²) >= 11 is 0. The lowest BCUT2D eigenvalue weighted by Crippen LogP contribution is -2.33. The molecule has 1 rings (SSSR count). The summed E-state index contributed by atoms with van der Waals surface area (Å²) < 4.78 is 13.1. The van der Waals surface area contributed by atoms with E-state index in [1.807, 2.05) is 13.8 Å². The Morgan fingerprint density at radius 1 is 1.47 bits per heavy atom. The first-order valence-corrected chi connectivity index (χ1v) is 6.50. The summed E-state index contributed by atoms with van der Waals surface area (Å²) in [4.78, 5) is 11.5. The van der Waals surface area contributed by atoms with Gasteiger partial charge in [-0.2, -0.15) is 0 Å². The average molecular weight is 268 g/mol. The van der Waals surface area contributed by atoms with Crippen LogP contribution in [0.25, 0.3) is 0 Å². The molecule has 0 aliphatic heterocycles. The number of amides is 1. The molecule has 1 atom stereocenters. The molecule has 0 saturated heterocycles. The van der Waals surface area contributed by atoms with Crippen molar-refractivity contribution in [3.05, 3.63) is 29.6 Å². The number of hydrogen-bond acceptors (Lipinski definition) is 3. The molecule has 1 amide bonds. The first kappa shape index (κ1) is 15.4. The smallest absolute Gasteiger partial charge is 0.221 e. The summed E-state index contributed by atoms with van der Waals surface area (Å²) in [6.07, 6.45) is 1.30. The number of hydrogen-bond donors (Lipinski definition) is 3. The highest BCUT2D eigenvalue weighted by atomic mass is 19.1. The van der Waals surface area contributed by atoms with Gasteiger partial charge in [0.25, 0.3) is 0 Å². The number of carbonyl (C=O) groups excluding carboxylic acids is 1. The van der Waals surface area contributed by atoms with Gasteiger partial charge in [-0.25, -0.2) is 4.39 Å². The van der Waals surface area contributed by atoms with E-state index in [-0.39, 0.29) is 17.7 Å². The van der Waals surface area contributed by atoms with E-state index < -0.39 is 5.82 Å². The molecule has 0 heterocycles. The van der Waals surface area contributed by atoms with Crippen LogP contribution in [0.4, 0.5) is 4.39 Å². The van der Waals surface area contributed by atoms with Crippen molar-refractivity contribution < 1.29 is 14.3 Å². The van der Waals surface area contributed by atoms with Crippen molar-refractivity contribution in [1.82, 2.24) is 10.6 Å². The summed E-state index contributed by atoms with van der Waals surface area (Å²) in [5, 5.41) is 15.0. The normalized spacial score (nSPS) is 12.2. The van der Waals surface area contributed by atoms with Gasteiger partial charge in [-0.15, -0.1) is 0 Å². The summed E-state index contributed by atoms with van der Waals surface area (Å²) in [6, 6.07) is 4.44. The van der Waals surface area contributed by atoms with Crippen molar-refractivity contribution in [2.24, 2.45) is 0 Å². The third kappa shape index (κ3) is 5.70. The van der Waals surface area contributed by atoms with Crippen LogP contribution in [-0.4, -0.2) is 23.6 Å². The van der Waals surface area contributed by atoms with Crippen LogP contribution in [0.1, 0.15) is 32.3 Å². The molecule has 0 aromatic heterocycles. The molecule has 0 saturated carbocycles. The third-order valence-electron chi connectivity index (χ3n) is 2.89. The van der Waals surface area contributed by atoms with Gasteiger partial charge in [-0.05, 0) is 31.0 Å². The van der Waals surface area contributed by atoms with Crippen molar-refractivity contribution in [3.63, 3.8) is 0 Å². The zero-order chi connectivity index (χ0) is 14.3. The summed E-state index contributed by atoms with van der Waals surface area (Å²) in [5.41, 5.74) is 0.734. The highest BCUT2D eigenvalue weighted by Crippen LogP contribution is 2.15. The van der Waals surface area contributed by atoms with Crippen LogP contribution >= 0.6 is 0 Å². The zero-order valence-corrected chi connectivity index (χ0v) is 11.4. The fourth-order valence-corrected chi connectivity index (χ4v) is 1.54. The Morgan fingerprint density at radius 2 is 2.21 bits per heavy atom. The minimum Gasteiger partial charge on any atom is -0.505 e. The van der Waals surface area contributed by atoms with Gasteiger partial charge in [0.2, 0.25) is 5.91 Å². The Kier molecular flexibility index (Phi) is 6.29. The van der Waals surface area contributed by atoms with Gasteiger partial charge in [0.05, 0.1) is 0 Å². The number of phenolic OH excluding ortho intramolecular Hbond substituents is 1. The van der Waals surface area contributed by atoms with Gasteiger partial charge in [-0.3, -0.25) is 4.79 Å². The molecule has 4 nitrogen and oxygen atoms in total. The zero-order valence-electron chi connectivity index (χ0n) is 11.4. The Bertz CT molecular complexity index is 424. The predicted molar refractivity (Wildman–Crippen MR) is 72.3 cm³/mol. The lowest BCUT2D eigenvalue weighted by molar-refractivity contribution is -0.121. The molecule has 0 bridgehead atoms.